The summed E-state index contributed by atoms with van der Waals surface area (Å²) in [6.07, 6.45) is 10.5. The van der Waals surface area contributed by atoms with E-state index in [0.29, 0.717) is 6.04 Å². The Kier molecular flexibility index (Phi) is 6.09. The Hall–Kier alpha value is -2.04. The molecule has 3 aliphatic carbocycles. The van der Waals surface area contributed by atoms with Crippen molar-refractivity contribution in [3.63, 3.8) is 0 Å². The van der Waals surface area contributed by atoms with Gasteiger partial charge in [-0.2, -0.15) is 0 Å². The van der Waals surface area contributed by atoms with Crippen molar-refractivity contribution in [1.29, 1.82) is 0 Å². The van der Waals surface area contributed by atoms with Crippen LogP contribution in [0.5, 0.6) is 11.5 Å². The van der Waals surface area contributed by atoms with Gasteiger partial charge < -0.3 is 14.2 Å². The van der Waals surface area contributed by atoms with Gasteiger partial charge in [0.1, 0.15) is 6.10 Å². The fourth-order valence-corrected chi connectivity index (χ4v) is 7.87. The quantitative estimate of drug-likeness (QED) is 0.398. The van der Waals surface area contributed by atoms with E-state index in [2.05, 4.69) is 61.3 Å². The van der Waals surface area contributed by atoms with Gasteiger partial charge in [0, 0.05) is 24.8 Å². The fraction of sp³-hybridized carbons (Fsp3) is 0.613. The Morgan fingerprint density at radius 1 is 1.09 bits per heavy atom. The summed E-state index contributed by atoms with van der Waals surface area (Å²) in [5, 5.41) is 0. The molecule has 6 rings (SSSR count). The number of benzene rings is 2. The highest BCUT2D eigenvalue weighted by atomic mass is 16.5. The molecule has 0 spiro atoms. The average Bonchev–Trinajstić information content (AvgIpc) is 3.63. The van der Waals surface area contributed by atoms with Gasteiger partial charge in [-0.05, 0) is 87.9 Å². The lowest BCUT2D eigenvalue weighted by Gasteiger charge is -2.61. The fourth-order valence-electron chi connectivity index (χ4n) is 7.87. The van der Waals surface area contributed by atoms with Crippen LogP contribution in [0.15, 0.2) is 42.5 Å². The summed E-state index contributed by atoms with van der Waals surface area (Å²) >= 11 is 0. The summed E-state index contributed by atoms with van der Waals surface area (Å²) in [5.41, 5.74) is 3.91. The second-order valence-electron chi connectivity index (χ2n) is 11.4. The maximum atomic E-state index is 7.30. The first-order valence-corrected chi connectivity index (χ1v) is 13.9. The van der Waals surface area contributed by atoms with Crippen LogP contribution in [0.25, 0.3) is 0 Å². The first kappa shape index (κ1) is 23.4. The second kappa shape index (κ2) is 9.12. The van der Waals surface area contributed by atoms with Gasteiger partial charge in [0.25, 0.3) is 0 Å². The molecule has 4 heteroatoms. The van der Waals surface area contributed by atoms with Crippen LogP contribution in [0.3, 0.4) is 0 Å². The maximum Gasteiger partial charge on any atom is 0.165 e. The molecular weight excluding hydrogens is 434 g/mol. The van der Waals surface area contributed by atoms with E-state index in [0.717, 1.165) is 69.0 Å². The van der Waals surface area contributed by atoms with Crippen LogP contribution in [0.2, 0.25) is 0 Å². The minimum Gasteiger partial charge on any atom is -0.493 e. The standard InChI is InChI=1S/C31H41NO3/c1-4-30-27-13-8-18-31(30,34-19-9-12-22-10-6-5-7-11-22)26(32(2)21-23-14-15-23)20-24-16-17-25(33-3)29(35-27)28(24)30/h5-7,10-11,16-17,23,26-27H,4,8-9,12-15,18-21H2,1-3H3/t26?,27-,30+,31+/m0/s1. The Bertz CT molecular complexity index is 1050. The van der Waals surface area contributed by atoms with Crippen LogP contribution in [0, 0.1) is 5.92 Å². The van der Waals surface area contributed by atoms with Gasteiger partial charge in [0.2, 0.25) is 0 Å². The van der Waals surface area contributed by atoms with Gasteiger partial charge in [-0.3, -0.25) is 4.90 Å². The van der Waals surface area contributed by atoms with Crippen molar-refractivity contribution >= 4 is 0 Å². The molecule has 0 aromatic heterocycles. The van der Waals surface area contributed by atoms with Crippen LogP contribution < -0.4 is 9.47 Å². The van der Waals surface area contributed by atoms with Gasteiger partial charge in [0.15, 0.2) is 11.5 Å². The predicted molar refractivity (Wildman–Crippen MR) is 140 cm³/mol. The smallest absolute Gasteiger partial charge is 0.165 e. The molecule has 35 heavy (non-hydrogen) atoms. The minimum atomic E-state index is -0.227. The molecule has 2 aromatic carbocycles. The van der Waals surface area contributed by atoms with Crippen LogP contribution >= 0.6 is 0 Å². The number of hydrogen-bond acceptors (Lipinski definition) is 4. The van der Waals surface area contributed by atoms with Crippen LogP contribution in [0.4, 0.5) is 0 Å². The van der Waals surface area contributed by atoms with E-state index in [9.17, 15) is 0 Å². The number of hydrogen-bond donors (Lipinski definition) is 0. The SMILES string of the molecule is CC[C@]12c3c4ccc(OC)c3O[C@H]1CCC[C@@]2(OCCCc1ccccc1)C(N(C)CC1CC1)C4. The molecule has 4 atom stereocenters. The Morgan fingerprint density at radius 2 is 1.91 bits per heavy atom. The predicted octanol–water partition coefficient (Wildman–Crippen LogP) is 5.94. The third-order valence-electron chi connectivity index (χ3n) is 9.55. The van der Waals surface area contributed by atoms with Crippen molar-refractivity contribution in [3.8, 4) is 11.5 Å². The third kappa shape index (κ3) is 3.62. The molecular formula is C31H41NO3. The number of nitrogens with zero attached hydrogens (tertiary/aromatic N) is 1. The highest BCUT2D eigenvalue weighted by molar-refractivity contribution is 5.62. The number of rotatable bonds is 10. The molecule has 4 nitrogen and oxygen atoms in total. The first-order valence-electron chi connectivity index (χ1n) is 13.9. The molecule has 4 aliphatic rings. The maximum absolute atomic E-state index is 7.30. The van der Waals surface area contributed by atoms with E-state index in [-0.39, 0.29) is 17.1 Å². The van der Waals surface area contributed by atoms with Gasteiger partial charge in [0.05, 0.1) is 18.1 Å². The van der Waals surface area contributed by atoms with E-state index in [1.54, 1.807) is 7.11 Å². The molecule has 2 aromatic rings. The zero-order chi connectivity index (χ0) is 24.0. The average molecular weight is 476 g/mol. The lowest BCUT2D eigenvalue weighted by atomic mass is 9.51. The summed E-state index contributed by atoms with van der Waals surface area (Å²) in [7, 11) is 4.13. The first-order chi connectivity index (χ1) is 17.1. The summed E-state index contributed by atoms with van der Waals surface area (Å²) in [6, 6.07) is 15.6. The lowest BCUT2D eigenvalue weighted by Crippen LogP contribution is -2.72. The number of likely N-dealkylation sites (N-methyl/N-ethyl adjacent to an activating group) is 1. The van der Waals surface area contributed by atoms with E-state index in [4.69, 9.17) is 14.2 Å². The van der Waals surface area contributed by atoms with Crippen molar-refractivity contribution in [3.05, 3.63) is 59.2 Å². The van der Waals surface area contributed by atoms with E-state index in [1.165, 1.54) is 36.1 Å². The molecule has 1 heterocycles. The zero-order valence-electron chi connectivity index (χ0n) is 21.7. The Balaban J connectivity index is 1.39. The van der Waals surface area contributed by atoms with Gasteiger partial charge in [-0.25, -0.2) is 0 Å². The topological polar surface area (TPSA) is 30.9 Å². The largest absolute Gasteiger partial charge is 0.493 e. The Morgan fingerprint density at radius 3 is 2.66 bits per heavy atom. The molecule has 1 unspecified atom stereocenters. The van der Waals surface area contributed by atoms with Crippen LogP contribution in [0.1, 0.15) is 68.6 Å². The highest BCUT2D eigenvalue weighted by Crippen LogP contribution is 2.65. The molecule has 2 fully saturated rings. The van der Waals surface area contributed by atoms with Gasteiger partial charge >= 0.3 is 0 Å². The minimum absolute atomic E-state index is 0.113. The second-order valence-corrected chi connectivity index (χ2v) is 11.4. The molecule has 0 radical (unpaired) electrons. The summed E-state index contributed by atoms with van der Waals surface area (Å²) in [6.45, 7) is 4.35. The summed E-state index contributed by atoms with van der Waals surface area (Å²) in [4.78, 5) is 2.67. The summed E-state index contributed by atoms with van der Waals surface area (Å²) < 4.78 is 19.9. The number of methoxy groups -OCH3 is 1. The normalized spacial score (nSPS) is 30.7. The third-order valence-corrected chi connectivity index (χ3v) is 9.55. The van der Waals surface area contributed by atoms with E-state index >= 15 is 0 Å². The molecule has 2 saturated carbocycles. The van der Waals surface area contributed by atoms with Crippen LogP contribution in [-0.4, -0.2) is 50.0 Å². The molecule has 1 aliphatic heterocycles. The number of aryl methyl sites for hydroxylation is 1. The zero-order valence-corrected chi connectivity index (χ0v) is 21.7. The molecule has 188 valence electrons. The molecule has 0 amide bonds. The van der Waals surface area contributed by atoms with E-state index in [1.807, 2.05) is 0 Å². The summed E-state index contributed by atoms with van der Waals surface area (Å²) in [5.74, 6) is 2.74. The monoisotopic (exact) mass is 475 g/mol. The molecule has 0 N–H and O–H groups in total. The molecule has 0 bridgehead atoms. The van der Waals surface area contributed by atoms with Crippen molar-refractivity contribution in [1.82, 2.24) is 4.90 Å². The van der Waals surface area contributed by atoms with Crippen molar-refractivity contribution in [2.75, 3.05) is 27.3 Å². The number of ether oxygens (including phenoxy) is 3. The highest BCUT2D eigenvalue weighted by Gasteiger charge is 2.69. The van der Waals surface area contributed by atoms with Crippen LogP contribution in [-0.2, 0) is 23.0 Å². The Labute approximate surface area is 210 Å². The van der Waals surface area contributed by atoms with E-state index < -0.39 is 0 Å². The van der Waals surface area contributed by atoms with Crippen molar-refractivity contribution < 1.29 is 14.2 Å². The van der Waals surface area contributed by atoms with Crippen molar-refractivity contribution in [2.24, 2.45) is 5.92 Å². The van der Waals surface area contributed by atoms with Gasteiger partial charge in [-0.15, -0.1) is 0 Å². The molecule has 0 saturated heterocycles. The lowest BCUT2D eigenvalue weighted by molar-refractivity contribution is -0.191. The van der Waals surface area contributed by atoms with Gasteiger partial charge in [-0.1, -0.05) is 43.3 Å². The van der Waals surface area contributed by atoms with Crippen molar-refractivity contribution in [2.45, 2.75) is 87.9 Å².